The van der Waals surface area contributed by atoms with Gasteiger partial charge in [0.15, 0.2) is 0 Å². The first-order valence-corrected chi connectivity index (χ1v) is 8.01. The first kappa shape index (κ1) is 18.0. The highest BCUT2D eigenvalue weighted by Crippen LogP contribution is 2.36. The molecule has 128 valence electrons. The van der Waals surface area contributed by atoms with Crippen molar-refractivity contribution >= 4 is 33.0 Å². The number of hydrogen-bond donors (Lipinski definition) is 1. The number of nitro benzene ring substituents is 1. The summed E-state index contributed by atoms with van der Waals surface area (Å²) < 4.78 is 64.8. The number of rotatable bonds is 4. The molecule has 0 atom stereocenters. The molecule has 2 rings (SSSR count). The summed E-state index contributed by atoms with van der Waals surface area (Å²) >= 11 is 5.44. The van der Waals surface area contributed by atoms with Gasteiger partial charge in [0, 0.05) is 12.1 Å². The van der Waals surface area contributed by atoms with Gasteiger partial charge in [-0.1, -0.05) is 17.7 Å². The number of halogens is 4. The van der Waals surface area contributed by atoms with E-state index in [-0.39, 0.29) is 11.4 Å². The van der Waals surface area contributed by atoms with Crippen LogP contribution in [0.2, 0.25) is 5.02 Å². The standard InChI is InChI=1S/C13H8ClF3N2O4S/c14-12-5-4-10(7-11(12)13(15,16)17)24(22,23)18-8-2-1-3-9(6-8)19(20)21/h1-7,18H. The lowest BCUT2D eigenvalue weighted by Gasteiger charge is -2.12. The third kappa shape index (κ3) is 3.95. The molecule has 6 nitrogen and oxygen atoms in total. The number of anilines is 1. The number of nitrogens with one attached hydrogen (secondary N) is 1. The summed E-state index contributed by atoms with van der Waals surface area (Å²) in [7, 11) is -4.39. The second-order valence-electron chi connectivity index (χ2n) is 4.55. The van der Waals surface area contributed by atoms with Crippen molar-refractivity contribution in [3.05, 3.63) is 63.2 Å². The lowest BCUT2D eigenvalue weighted by molar-refractivity contribution is -0.384. The van der Waals surface area contributed by atoms with Crippen LogP contribution in [0, 0.1) is 10.1 Å². The topological polar surface area (TPSA) is 89.3 Å². The Hall–Kier alpha value is -2.33. The monoisotopic (exact) mass is 380 g/mol. The molecule has 0 aliphatic carbocycles. The van der Waals surface area contributed by atoms with E-state index in [2.05, 4.69) is 0 Å². The minimum absolute atomic E-state index is 0.160. The zero-order chi connectivity index (χ0) is 18.1. The molecule has 0 fully saturated rings. The van der Waals surface area contributed by atoms with Crippen LogP contribution in [0.25, 0.3) is 0 Å². The highest BCUT2D eigenvalue weighted by Gasteiger charge is 2.34. The van der Waals surface area contributed by atoms with Gasteiger partial charge in [-0.25, -0.2) is 8.42 Å². The Morgan fingerprint density at radius 2 is 1.79 bits per heavy atom. The maximum absolute atomic E-state index is 12.8. The van der Waals surface area contributed by atoms with E-state index in [0.29, 0.717) is 6.07 Å². The molecule has 0 aliphatic heterocycles. The summed E-state index contributed by atoms with van der Waals surface area (Å²) in [6.07, 6.45) is -4.83. The molecule has 0 heterocycles. The quantitative estimate of drug-likeness (QED) is 0.639. The number of alkyl halides is 3. The Bertz CT molecular complexity index is 900. The molecule has 0 amide bonds. The van der Waals surface area contributed by atoms with Gasteiger partial charge < -0.3 is 0 Å². The van der Waals surface area contributed by atoms with Crippen LogP contribution < -0.4 is 4.72 Å². The molecule has 0 saturated heterocycles. The lowest BCUT2D eigenvalue weighted by atomic mass is 10.2. The van der Waals surface area contributed by atoms with E-state index in [1.165, 1.54) is 12.1 Å². The van der Waals surface area contributed by atoms with E-state index in [4.69, 9.17) is 11.6 Å². The Kier molecular flexibility index (Phi) is 4.72. The van der Waals surface area contributed by atoms with Crippen LogP contribution in [0.5, 0.6) is 0 Å². The molecule has 11 heteroatoms. The molecule has 0 aromatic heterocycles. The Balaban J connectivity index is 2.41. The van der Waals surface area contributed by atoms with Gasteiger partial charge in [0.05, 0.1) is 26.1 Å². The van der Waals surface area contributed by atoms with Crippen molar-refractivity contribution in [2.75, 3.05) is 4.72 Å². The molecular formula is C13H8ClF3N2O4S. The normalized spacial score (nSPS) is 12.0. The van der Waals surface area contributed by atoms with Gasteiger partial charge in [-0.15, -0.1) is 0 Å². The second-order valence-corrected chi connectivity index (χ2v) is 6.64. The number of sulfonamides is 1. The molecular weight excluding hydrogens is 373 g/mol. The summed E-state index contributed by atoms with van der Waals surface area (Å²) in [6.45, 7) is 0. The number of non-ortho nitro benzene ring substituents is 1. The lowest BCUT2D eigenvalue weighted by Crippen LogP contribution is -2.15. The van der Waals surface area contributed by atoms with Crippen LogP contribution in [-0.2, 0) is 16.2 Å². The van der Waals surface area contributed by atoms with Crippen LogP contribution in [0.15, 0.2) is 47.4 Å². The van der Waals surface area contributed by atoms with Crippen molar-refractivity contribution in [1.29, 1.82) is 0 Å². The van der Waals surface area contributed by atoms with Crippen molar-refractivity contribution in [2.45, 2.75) is 11.1 Å². The van der Waals surface area contributed by atoms with E-state index in [9.17, 15) is 31.7 Å². The second kappa shape index (κ2) is 6.29. The number of hydrogen-bond acceptors (Lipinski definition) is 4. The number of nitro groups is 1. The summed E-state index contributed by atoms with van der Waals surface area (Å²) in [4.78, 5) is 9.26. The van der Waals surface area contributed by atoms with Crippen molar-refractivity contribution in [2.24, 2.45) is 0 Å². The Morgan fingerprint density at radius 1 is 1.12 bits per heavy atom. The highest BCUT2D eigenvalue weighted by atomic mass is 35.5. The largest absolute Gasteiger partial charge is 0.417 e. The molecule has 0 unspecified atom stereocenters. The molecule has 24 heavy (non-hydrogen) atoms. The summed E-state index contributed by atoms with van der Waals surface area (Å²) in [5, 5.41) is 10.0. The fourth-order valence-corrected chi connectivity index (χ4v) is 3.09. The summed E-state index contributed by atoms with van der Waals surface area (Å²) in [6, 6.07) is 6.65. The van der Waals surface area contributed by atoms with Gasteiger partial charge in [0.25, 0.3) is 15.7 Å². The predicted molar refractivity (Wildman–Crippen MR) is 80.4 cm³/mol. The van der Waals surface area contributed by atoms with E-state index < -0.39 is 36.6 Å². The van der Waals surface area contributed by atoms with Gasteiger partial charge in [0.1, 0.15) is 0 Å². The SMILES string of the molecule is O=[N+]([O-])c1cccc(NS(=O)(=O)c2ccc(Cl)c(C(F)(F)F)c2)c1. The molecule has 1 N–H and O–H groups in total. The maximum Gasteiger partial charge on any atom is 0.417 e. The molecule has 0 aliphatic rings. The number of benzene rings is 2. The molecule has 2 aromatic carbocycles. The third-order valence-electron chi connectivity index (χ3n) is 2.86. The maximum atomic E-state index is 12.8. The van der Waals surface area contributed by atoms with Crippen molar-refractivity contribution in [3.8, 4) is 0 Å². The Morgan fingerprint density at radius 3 is 2.38 bits per heavy atom. The van der Waals surface area contributed by atoms with Crippen LogP contribution in [0.4, 0.5) is 24.5 Å². The van der Waals surface area contributed by atoms with Crippen LogP contribution in [-0.4, -0.2) is 13.3 Å². The van der Waals surface area contributed by atoms with E-state index >= 15 is 0 Å². The molecule has 0 bridgehead atoms. The van der Waals surface area contributed by atoms with Gasteiger partial charge in [-0.3, -0.25) is 14.8 Å². The van der Waals surface area contributed by atoms with Gasteiger partial charge >= 0.3 is 6.18 Å². The zero-order valence-corrected chi connectivity index (χ0v) is 13.1. The fourth-order valence-electron chi connectivity index (χ4n) is 1.79. The molecule has 2 aromatic rings. The predicted octanol–water partition coefficient (Wildman–Crippen LogP) is 4.07. The summed E-state index contributed by atoms with van der Waals surface area (Å²) in [5.41, 5.74) is -1.83. The van der Waals surface area contributed by atoms with Crippen LogP contribution >= 0.6 is 11.6 Å². The Labute approximate surface area is 139 Å². The molecule has 0 saturated carbocycles. The van der Waals surface area contributed by atoms with Crippen LogP contribution in [0.3, 0.4) is 0 Å². The average Bonchev–Trinajstić information content (AvgIpc) is 2.46. The first-order chi connectivity index (χ1) is 11.0. The van der Waals surface area contributed by atoms with Crippen molar-refractivity contribution in [1.82, 2.24) is 0 Å². The van der Waals surface area contributed by atoms with Gasteiger partial charge in [0.2, 0.25) is 0 Å². The average molecular weight is 381 g/mol. The van der Waals surface area contributed by atoms with Crippen molar-refractivity contribution < 1.29 is 26.5 Å². The smallest absolute Gasteiger partial charge is 0.279 e. The molecule has 0 spiro atoms. The fraction of sp³-hybridized carbons (Fsp3) is 0.0769. The van der Waals surface area contributed by atoms with Crippen molar-refractivity contribution in [3.63, 3.8) is 0 Å². The van der Waals surface area contributed by atoms with Crippen LogP contribution in [0.1, 0.15) is 5.56 Å². The minimum atomic E-state index is -4.83. The molecule has 0 radical (unpaired) electrons. The third-order valence-corrected chi connectivity index (χ3v) is 4.57. The summed E-state index contributed by atoms with van der Waals surface area (Å²) in [5.74, 6) is 0. The van der Waals surface area contributed by atoms with E-state index in [0.717, 1.165) is 24.3 Å². The van der Waals surface area contributed by atoms with E-state index in [1.807, 2.05) is 4.72 Å². The number of nitrogens with zero attached hydrogens (tertiary/aromatic N) is 1. The van der Waals surface area contributed by atoms with E-state index in [1.54, 1.807) is 0 Å². The zero-order valence-electron chi connectivity index (χ0n) is 11.5. The highest BCUT2D eigenvalue weighted by molar-refractivity contribution is 7.92. The van der Waals surface area contributed by atoms with Gasteiger partial charge in [-0.05, 0) is 24.3 Å². The first-order valence-electron chi connectivity index (χ1n) is 6.15. The van der Waals surface area contributed by atoms with Gasteiger partial charge in [-0.2, -0.15) is 13.2 Å². The minimum Gasteiger partial charge on any atom is -0.279 e.